The minimum atomic E-state index is -1.44. The zero-order valence-electron chi connectivity index (χ0n) is 14.5. The van der Waals surface area contributed by atoms with E-state index in [4.69, 9.17) is 4.74 Å². The zero-order chi connectivity index (χ0) is 18.7. The fourth-order valence-electron chi connectivity index (χ4n) is 3.48. The number of ether oxygens (including phenoxy) is 1. The summed E-state index contributed by atoms with van der Waals surface area (Å²) in [6.45, 7) is 1.81. The van der Waals surface area contributed by atoms with Crippen LogP contribution in [0, 0.1) is 0 Å². The van der Waals surface area contributed by atoms with Crippen molar-refractivity contribution < 1.29 is 24.5 Å². The fourth-order valence-corrected chi connectivity index (χ4v) is 3.48. The van der Waals surface area contributed by atoms with Crippen LogP contribution in [0.3, 0.4) is 0 Å². The molecule has 2 atom stereocenters. The van der Waals surface area contributed by atoms with Crippen molar-refractivity contribution in [2.45, 2.75) is 38.0 Å². The number of rotatable bonds is 5. The van der Waals surface area contributed by atoms with E-state index in [0.29, 0.717) is 24.3 Å². The van der Waals surface area contributed by atoms with Crippen molar-refractivity contribution in [1.29, 1.82) is 0 Å². The number of likely N-dealkylation sites (tertiary alicyclic amines) is 1. The van der Waals surface area contributed by atoms with E-state index in [1.54, 1.807) is 18.2 Å². The molecule has 26 heavy (non-hydrogen) atoms. The maximum atomic E-state index is 11.8. The van der Waals surface area contributed by atoms with Crippen LogP contribution in [0.4, 0.5) is 4.79 Å². The van der Waals surface area contributed by atoms with Gasteiger partial charge in [-0.1, -0.05) is 48.5 Å². The second kappa shape index (κ2) is 7.07. The van der Waals surface area contributed by atoms with Crippen molar-refractivity contribution in [2.75, 3.05) is 0 Å². The molecule has 0 aromatic heterocycles. The minimum Gasteiger partial charge on any atom is -0.489 e. The summed E-state index contributed by atoms with van der Waals surface area (Å²) >= 11 is 0. The molecule has 0 radical (unpaired) electrons. The molecule has 0 saturated carbocycles. The van der Waals surface area contributed by atoms with E-state index in [2.05, 4.69) is 0 Å². The SMILES string of the molecule is C[C@@]1(C(=O)O)CC[C@@H](c2ccccc2OCc2ccccc2)N1C(=O)O. The van der Waals surface area contributed by atoms with Gasteiger partial charge in [0.2, 0.25) is 0 Å². The number of aliphatic carboxylic acids is 1. The number of carboxylic acid groups (broad SMARTS) is 2. The first-order valence-corrected chi connectivity index (χ1v) is 8.45. The van der Waals surface area contributed by atoms with Crippen LogP contribution in [0.5, 0.6) is 5.75 Å². The lowest BCUT2D eigenvalue weighted by Gasteiger charge is -2.33. The minimum absolute atomic E-state index is 0.256. The molecule has 0 unspecified atom stereocenters. The summed E-state index contributed by atoms with van der Waals surface area (Å²) in [6, 6.07) is 16.3. The lowest BCUT2D eigenvalue weighted by molar-refractivity contribution is -0.148. The quantitative estimate of drug-likeness (QED) is 0.849. The molecule has 6 nitrogen and oxygen atoms in total. The number of hydrogen-bond acceptors (Lipinski definition) is 3. The van der Waals surface area contributed by atoms with Gasteiger partial charge in [0.15, 0.2) is 0 Å². The maximum Gasteiger partial charge on any atom is 0.408 e. The van der Waals surface area contributed by atoms with Crippen LogP contribution < -0.4 is 4.74 Å². The summed E-state index contributed by atoms with van der Waals surface area (Å²) in [5.41, 5.74) is 0.248. The summed E-state index contributed by atoms with van der Waals surface area (Å²) < 4.78 is 5.93. The molecule has 0 aliphatic carbocycles. The Morgan fingerprint density at radius 3 is 2.42 bits per heavy atom. The van der Waals surface area contributed by atoms with Crippen LogP contribution in [0.25, 0.3) is 0 Å². The van der Waals surface area contributed by atoms with Gasteiger partial charge in [0, 0.05) is 5.56 Å². The van der Waals surface area contributed by atoms with Crippen LogP contribution >= 0.6 is 0 Å². The van der Waals surface area contributed by atoms with Crippen molar-refractivity contribution in [2.24, 2.45) is 0 Å². The Bertz CT molecular complexity index is 807. The molecule has 1 heterocycles. The predicted octanol–water partition coefficient (Wildman–Crippen LogP) is 3.92. The third kappa shape index (κ3) is 3.22. The second-order valence-electron chi connectivity index (χ2n) is 6.60. The first-order valence-electron chi connectivity index (χ1n) is 8.45. The Labute approximate surface area is 151 Å². The van der Waals surface area contributed by atoms with E-state index < -0.39 is 23.6 Å². The molecule has 1 aliphatic heterocycles. The number of hydrogen-bond donors (Lipinski definition) is 2. The van der Waals surface area contributed by atoms with Crippen molar-refractivity contribution in [3.8, 4) is 5.75 Å². The first-order chi connectivity index (χ1) is 12.4. The number of amides is 1. The van der Waals surface area contributed by atoms with E-state index in [-0.39, 0.29) is 6.42 Å². The van der Waals surface area contributed by atoms with E-state index in [0.717, 1.165) is 10.5 Å². The number of para-hydroxylation sites is 1. The maximum absolute atomic E-state index is 11.8. The molecule has 2 aromatic carbocycles. The molecule has 1 fully saturated rings. The summed E-state index contributed by atoms with van der Waals surface area (Å²) in [5, 5.41) is 19.2. The van der Waals surface area contributed by atoms with Gasteiger partial charge in [-0.2, -0.15) is 0 Å². The number of benzene rings is 2. The average molecular weight is 355 g/mol. The van der Waals surface area contributed by atoms with Gasteiger partial charge in [0.25, 0.3) is 0 Å². The zero-order valence-corrected chi connectivity index (χ0v) is 14.5. The van der Waals surface area contributed by atoms with Gasteiger partial charge < -0.3 is 14.9 Å². The van der Waals surface area contributed by atoms with Crippen molar-refractivity contribution >= 4 is 12.1 Å². The highest BCUT2D eigenvalue weighted by atomic mass is 16.5. The van der Waals surface area contributed by atoms with Crippen LogP contribution in [0.1, 0.15) is 36.9 Å². The highest BCUT2D eigenvalue weighted by Crippen LogP contribution is 2.45. The third-order valence-corrected chi connectivity index (χ3v) is 4.93. The molecule has 1 saturated heterocycles. The number of carboxylic acids is 1. The normalized spacial score (nSPS) is 22.2. The molecule has 1 aliphatic rings. The van der Waals surface area contributed by atoms with E-state index in [9.17, 15) is 19.8 Å². The number of nitrogens with zero attached hydrogens (tertiary/aromatic N) is 1. The summed E-state index contributed by atoms with van der Waals surface area (Å²) in [5.74, 6) is -0.563. The van der Waals surface area contributed by atoms with Gasteiger partial charge >= 0.3 is 12.1 Å². The Balaban J connectivity index is 1.89. The molecular formula is C20H21NO5. The van der Waals surface area contributed by atoms with Gasteiger partial charge in [-0.25, -0.2) is 9.59 Å². The summed E-state index contributed by atoms with van der Waals surface area (Å²) in [4.78, 5) is 24.5. The van der Waals surface area contributed by atoms with Crippen molar-refractivity contribution in [1.82, 2.24) is 4.90 Å². The van der Waals surface area contributed by atoms with Crippen molar-refractivity contribution in [3.05, 3.63) is 65.7 Å². The van der Waals surface area contributed by atoms with E-state index in [1.807, 2.05) is 36.4 Å². The Morgan fingerprint density at radius 1 is 1.12 bits per heavy atom. The number of carbonyl (C=O) groups is 2. The van der Waals surface area contributed by atoms with Gasteiger partial charge in [-0.15, -0.1) is 0 Å². The largest absolute Gasteiger partial charge is 0.489 e. The molecule has 1 amide bonds. The highest BCUT2D eigenvalue weighted by Gasteiger charge is 2.52. The van der Waals surface area contributed by atoms with Crippen LogP contribution in [0.15, 0.2) is 54.6 Å². The van der Waals surface area contributed by atoms with Crippen LogP contribution in [-0.4, -0.2) is 32.7 Å². The third-order valence-electron chi connectivity index (χ3n) is 4.93. The van der Waals surface area contributed by atoms with Crippen LogP contribution in [0.2, 0.25) is 0 Å². The Kier molecular flexibility index (Phi) is 4.84. The van der Waals surface area contributed by atoms with Gasteiger partial charge in [-0.3, -0.25) is 4.90 Å². The van der Waals surface area contributed by atoms with Gasteiger partial charge in [0.1, 0.15) is 17.9 Å². The van der Waals surface area contributed by atoms with Crippen molar-refractivity contribution in [3.63, 3.8) is 0 Å². The molecule has 2 aromatic rings. The molecule has 0 bridgehead atoms. The molecular weight excluding hydrogens is 334 g/mol. The predicted molar refractivity (Wildman–Crippen MR) is 95.1 cm³/mol. The summed E-state index contributed by atoms with van der Waals surface area (Å²) in [7, 11) is 0. The summed E-state index contributed by atoms with van der Waals surface area (Å²) in [6.07, 6.45) is -0.553. The van der Waals surface area contributed by atoms with Crippen LogP contribution in [-0.2, 0) is 11.4 Å². The second-order valence-corrected chi connectivity index (χ2v) is 6.60. The Morgan fingerprint density at radius 2 is 1.77 bits per heavy atom. The standard InChI is InChI=1S/C20H21NO5/c1-20(18(22)23)12-11-16(21(20)19(24)25)15-9-5-6-10-17(15)26-13-14-7-3-2-4-8-14/h2-10,16H,11-13H2,1H3,(H,22,23)(H,24,25)/t16-,20-/m0/s1. The average Bonchev–Trinajstić information content (AvgIpc) is 3.00. The molecule has 3 rings (SSSR count). The first kappa shape index (κ1) is 17.8. The van der Waals surface area contributed by atoms with Gasteiger partial charge in [0.05, 0.1) is 6.04 Å². The lowest BCUT2D eigenvalue weighted by Crippen LogP contribution is -2.51. The molecule has 0 spiro atoms. The molecule has 6 heteroatoms. The lowest BCUT2D eigenvalue weighted by atomic mass is 9.99. The fraction of sp³-hybridized carbons (Fsp3) is 0.300. The van der Waals surface area contributed by atoms with Gasteiger partial charge in [-0.05, 0) is 31.4 Å². The van der Waals surface area contributed by atoms with E-state index >= 15 is 0 Å². The smallest absolute Gasteiger partial charge is 0.408 e. The topological polar surface area (TPSA) is 87.1 Å². The molecule has 2 N–H and O–H groups in total. The monoisotopic (exact) mass is 355 g/mol. The Hall–Kier alpha value is -3.02. The molecule has 136 valence electrons. The van der Waals surface area contributed by atoms with E-state index in [1.165, 1.54) is 6.92 Å². The highest BCUT2D eigenvalue weighted by molar-refractivity contribution is 5.84.